The Morgan fingerprint density at radius 1 is 0.828 bits per heavy atom. The molecule has 0 spiro atoms. The van der Waals surface area contributed by atoms with Crippen molar-refractivity contribution in [2.75, 3.05) is 0 Å². The van der Waals surface area contributed by atoms with Crippen molar-refractivity contribution in [1.82, 2.24) is 0 Å². The lowest BCUT2D eigenvalue weighted by Gasteiger charge is -2.42. The van der Waals surface area contributed by atoms with Gasteiger partial charge in [-0.2, -0.15) is 0 Å². The Morgan fingerprint density at radius 2 is 1.24 bits per heavy atom. The number of benzene rings is 1. The molecule has 4 aliphatic carbocycles. The van der Waals surface area contributed by atoms with Crippen LogP contribution in [0.3, 0.4) is 0 Å². The third-order valence-corrected chi connectivity index (χ3v) is 12.4. The number of rotatable bonds is 3. The Kier molecular flexibility index (Phi) is 4.26. The highest BCUT2D eigenvalue weighted by Gasteiger charge is 2.63. The minimum absolute atomic E-state index is 0.301. The standard InChI is InChI=1S/C27H39BrO/c1-24(2)17-7-9-26(24,5)21(13-17)19-11-16(15-28)12-20(23(19)29)22-14-18-8-10-27(22,6)25(18,3)4/h11-12,17-18,21-22,29H,7-10,13-15H2,1-6H3/t17-,18-,21+,22+,26+,27+/m0/s1. The number of aromatic hydroxyl groups is 1. The van der Waals surface area contributed by atoms with Crippen LogP contribution in [0.5, 0.6) is 5.75 Å². The summed E-state index contributed by atoms with van der Waals surface area (Å²) in [5.41, 5.74) is 5.22. The number of hydrogen-bond donors (Lipinski definition) is 1. The third-order valence-electron chi connectivity index (χ3n) is 11.7. The van der Waals surface area contributed by atoms with Crippen LogP contribution < -0.4 is 0 Å². The summed E-state index contributed by atoms with van der Waals surface area (Å²) >= 11 is 3.74. The fraction of sp³-hybridized carbons (Fsp3) is 0.778. The Balaban J connectivity index is 1.62. The van der Waals surface area contributed by atoms with Crippen LogP contribution in [0.2, 0.25) is 0 Å². The van der Waals surface area contributed by atoms with E-state index in [0.717, 1.165) is 17.2 Å². The molecule has 1 N–H and O–H groups in total. The summed E-state index contributed by atoms with van der Waals surface area (Å²) in [6, 6.07) is 4.67. The maximum absolute atomic E-state index is 11.7. The molecule has 0 aliphatic heterocycles. The van der Waals surface area contributed by atoms with Crippen LogP contribution in [-0.2, 0) is 5.33 Å². The molecule has 0 saturated heterocycles. The number of halogens is 1. The zero-order valence-corrected chi connectivity index (χ0v) is 20.8. The van der Waals surface area contributed by atoms with Gasteiger partial charge in [0, 0.05) is 5.33 Å². The van der Waals surface area contributed by atoms with Gasteiger partial charge in [0.05, 0.1) is 0 Å². The fourth-order valence-electron chi connectivity index (χ4n) is 8.70. The molecule has 0 radical (unpaired) electrons. The highest BCUT2D eigenvalue weighted by molar-refractivity contribution is 9.08. The lowest BCUT2D eigenvalue weighted by molar-refractivity contribution is 0.130. The van der Waals surface area contributed by atoms with Crippen molar-refractivity contribution in [3.63, 3.8) is 0 Å². The van der Waals surface area contributed by atoms with Crippen LogP contribution in [-0.4, -0.2) is 5.11 Å². The van der Waals surface area contributed by atoms with Crippen LogP contribution >= 0.6 is 15.9 Å². The van der Waals surface area contributed by atoms with Gasteiger partial charge in [-0.1, -0.05) is 69.6 Å². The first-order valence-corrected chi connectivity index (χ1v) is 13.0. The predicted molar refractivity (Wildman–Crippen MR) is 125 cm³/mol. The van der Waals surface area contributed by atoms with Gasteiger partial charge in [-0.25, -0.2) is 0 Å². The lowest BCUT2D eigenvalue weighted by atomic mass is 9.63. The minimum atomic E-state index is 0.301. The summed E-state index contributed by atoms with van der Waals surface area (Å²) in [7, 11) is 0. The molecule has 1 nitrogen and oxygen atoms in total. The van der Waals surface area contributed by atoms with Crippen LogP contribution in [0.25, 0.3) is 0 Å². The summed E-state index contributed by atoms with van der Waals surface area (Å²) in [5.74, 6) is 3.24. The van der Waals surface area contributed by atoms with Crippen molar-refractivity contribution in [2.45, 2.75) is 97.2 Å². The van der Waals surface area contributed by atoms with Gasteiger partial charge in [0.25, 0.3) is 0 Å². The van der Waals surface area contributed by atoms with Crippen molar-refractivity contribution in [3.8, 4) is 5.75 Å². The largest absolute Gasteiger partial charge is 0.507 e. The molecule has 4 bridgehead atoms. The van der Waals surface area contributed by atoms with Crippen LogP contribution in [0, 0.1) is 33.5 Å². The number of phenols is 1. The maximum Gasteiger partial charge on any atom is 0.122 e. The van der Waals surface area contributed by atoms with Crippen molar-refractivity contribution < 1.29 is 5.11 Å². The van der Waals surface area contributed by atoms with E-state index in [1.165, 1.54) is 55.2 Å². The van der Waals surface area contributed by atoms with E-state index < -0.39 is 0 Å². The molecule has 0 heterocycles. The van der Waals surface area contributed by atoms with Crippen molar-refractivity contribution in [1.29, 1.82) is 0 Å². The summed E-state index contributed by atoms with van der Waals surface area (Å²) in [4.78, 5) is 0. The monoisotopic (exact) mass is 458 g/mol. The minimum Gasteiger partial charge on any atom is -0.507 e. The van der Waals surface area contributed by atoms with Crippen molar-refractivity contribution >= 4 is 15.9 Å². The number of fused-ring (bicyclic) bond motifs is 4. The average Bonchev–Trinajstić information content (AvgIpc) is 3.19. The van der Waals surface area contributed by atoms with Crippen LogP contribution in [0.4, 0.5) is 0 Å². The van der Waals surface area contributed by atoms with Gasteiger partial charge < -0.3 is 5.11 Å². The van der Waals surface area contributed by atoms with Gasteiger partial charge >= 0.3 is 0 Å². The van der Waals surface area contributed by atoms with Gasteiger partial charge in [0.1, 0.15) is 5.75 Å². The normalized spacial score (nSPS) is 44.0. The SMILES string of the molecule is CC1(C)[C@H]2CC[C@]1(C)[C@@H](c1cc(CBr)cc([C@H]3C[C@@H]4CC[C@@]3(C)C4(C)C)c1O)C2. The second-order valence-corrected chi connectivity index (χ2v) is 13.1. The Bertz CT molecular complexity index is 789. The molecule has 29 heavy (non-hydrogen) atoms. The van der Waals surface area contributed by atoms with E-state index in [1.807, 2.05) is 0 Å². The second-order valence-electron chi connectivity index (χ2n) is 12.6. The average molecular weight is 460 g/mol. The van der Waals surface area contributed by atoms with E-state index in [0.29, 0.717) is 39.2 Å². The molecular weight excluding hydrogens is 420 g/mol. The molecule has 0 unspecified atom stereocenters. The number of phenolic OH excluding ortho intramolecular Hbond substituents is 1. The van der Waals surface area contributed by atoms with E-state index in [9.17, 15) is 5.11 Å². The van der Waals surface area contributed by atoms with Gasteiger partial charge in [0.15, 0.2) is 0 Å². The molecule has 4 fully saturated rings. The van der Waals surface area contributed by atoms with E-state index in [4.69, 9.17) is 0 Å². The Morgan fingerprint density at radius 3 is 1.52 bits per heavy atom. The zero-order chi connectivity index (χ0) is 21.0. The van der Waals surface area contributed by atoms with Gasteiger partial charge in [-0.3, -0.25) is 0 Å². The lowest BCUT2D eigenvalue weighted by Crippen LogP contribution is -2.32. The molecule has 4 saturated carbocycles. The van der Waals surface area contributed by atoms with Crippen LogP contribution in [0.15, 0.2) is 12.1 Å². The van der Waals surface area contributed by atoms with E-state index in [1.54, 1.807) is 0 Å². The first kappa shape index (κ1) is 20.4. The molecule has 2 heteroatoms. The Labute approximate surface area is 186 Å². The zero-order valence-electron chi connectivity index (χ0n) is 19.2. The second kappa shape index (κ2) is 6.05. The third kappa shape index (κ3) is 2.34. The van der Waals surface area contributed by atoms with Gasteiger partial charge in [-0.15, -0.1) is 0 Å². The molecule has 0 amide bonds. The van der Waals surface area contributed by atoms with Crippen LogP contribution in [0.1, 0.15) is 109 Å². The van der Waals surface area contributed by atoms with Crippen molar-refractivity contribution in [2.24, 2.45) is 33.5 Å². The summed E-state index contributed by atoms with van der Waals surface area (Å²) in [5, 5.41) is 12.6. The van der Waals surface area contributed by atoms with Crippen molar-refractivity contribution in [3.05, 3.63) is 28.8 Å². The quantitative estimate of drug-likeness (QED) is 0.452. The summed E-state index contributed by atoms with van der Waals surface area (Å²) in [6.45, 7) is 14.9. The molecule has 160 valence electrons. The van der Waals surface area contributed by atoms with E-state index in [-0.39, 0.29) is 0 Å². The molecular formula is C27H39BrO. The first-order chi connectivity index (χ1) is 13.5. The van der Waals surface area contributed by atoms with Gasteiger partial charge in [0.2, 0.25) is 0 Å². The van der Waals surface area contributed by atoms with E-state index >= 15 is 0 Å². The first-order valence-electron chi connectivity index (χ1n) is 11.9. The highest BCUT2D eigenvalue weighted by atomic mass is 79.9. The molecule has 1 aromatic rings. The predicted octanol–water partition coefficient (Wildman–Crippen LogP) is 8.15. The molecule has 4 aliphatic rings. The maximum atomic E-state index is 11.7. The number of alkyl halides is 1. The fourth-order valence-corrected chi connectivity index (χ4v) is 9.02. The smallest absolute Gasteiger partial charge is 0.122 e. The summed E-state index contributed by atoms with van der Waals surface area (Å²) in [6.07, 6.45) is 7.83. The summed E-state index contributed by atoms with van der Waals surface area (Å²) < 4.78 is 0. The molecule has 0 aromatic heterocycles. The Hall–Kier alpha value is -0.500. The topological polar surface area (TPSA) is 20.2 Å². The van der Waals surface area contributed by atoms with Gasteiger partial charge in [-0.05, 0) is 101 Å². The molecule has 6 atom stereocenters. The number of hydrogen-bond acceptors (Lipinski definition) is 1. The van der Waals surface area contributed by atoms with E-state index in [2.05, 4.69) is 69.6 Å². The molecule has 5 rings (SSSR count). The highest BCUT2D eigenvalue weighted by Crippen LogP contribution is 2.74. The molecule has 1 aromatic carbocycles.